The molecule has 0 aromatic carbocycles. The first-order valence-corrected chi connectivity index (χ1v) is 6.19. The summed E-state index contributed by atoms with van der Waals surface area (Å²) in [6.07, 6.45) is 4.95. The molecule has 3 nitrogen and oxygen atoms in total. The van der Waals surface area contributed by atoms with Gasteiger partial charge in [0.2, 0.25) is 0 Å². The lowest BCUT2D eigenvalue weighted by atomic mass is 9.75. The van der Waals surface area contributed by atoms with E-state index in [2.05, 4.69) is 29.4 Å². The first-order chi connectivity index (χ1) is 7.55. The average Bonchev–Trinajstić information content (AvgIpc) is 2.24. The van der Waals surface area contributed by atoms with Crippen molar-refractivity contribution in [1.82, 2.24) is 10.2 Å². The van der Waals surface area contributed by atoms with E-state index >= 15 is 0 Å². The van der Waals surface area contributed by atoms with Crippen LogP contribution in [-0.2, 0) is 0 Å². The maximum Gasteiger partial charge on any atom is 0.151 e. The van der Waals surface area contributed by atoms with Gasteiger partial charge in [0, 0.05) is 6.04 Å². The van der Waals surface area contributed by atoms with Gasteiger partial charge in [0.05, 0.1) is 0 Å². The van der Waals surface area contributed by atoms with E-state index in [0.717, 1.165) is 5.82 Å². The third kappa shape index (κ3) is 3.08. The van der Waals surface area contributed by atoms with Crippen LogP contribution in [0.4, 0.5) is 5.82 Å². The van der Waals surface area contributed by atoms with Gasteiger partial charge in [-0.1, -0.05) is 25.4 Å². The highest BCUT2D eigenvalue weighted by Gasteiger charge is 2.26. The molecule has 1 saturated carbocycles. The highest BCUT2D eigenvalue weighted by Crippen LogP contribution is 2.35. The molecule has 1 heterocycles. The zero-order valence-electron chi connectivity index (χ0n) is 9.83. The molecule has 0 radical (unpaired) electrons. The minimum absolute atomic E-state index is 0.440. The summed E-state index contributed by atoms with van der Waals surface area (Å²) in [5, 5.41) is 11.7. The molecule has 16 heavy (non-hydrogen) atoms. The van der Waals surface area contributed by atoms with Gasteiger partial charge in [0.15, 0.2) is 5.15 Å². The lowest BCUT2D eigenvalue weighted by molar-refractivity contribution is 0.232. The minimum atomic E-state index is 0.440. The Labute approximate surface area is 102 Å². The molecule has 1 N–H and O–H groups in total. The SMILES string of the molecule is CC1(C)CCC(Nc2ccc(Cl)nn2)CC1. The summed E-state index contributed by atoms with van der Waals surface area (Å²) in [6, 6.07) is 4.18. The van der Waals surface area contributed by atoms with Crippen LogP contribution in [0.2, 0.25) is 5.15 Å². The lowest BCUT2D eigenvalue weighted by Crippen LogP contribution is -2.30. The number of aromatic nitrogens is 2. The van der Waals surface area contributed by atoms with E-state index in [-0.39, 0.29) is 0 Å². The monoisotopic (exact) mass is 239 g/mol. The number of nitrogens with one attached hydrogen (secondary N) is 1. The fourth-order valence-electron chi connectivity index (χ4n) is 2.15. The lowest BCUT2D eigenvalue weighted by Gasteiger charge is -2.34. The first-order valence-electron chi connectivity index (χ1n) is 5.81. The molecule has 1 aliphatic rings. The van der Waals surface area contributed by atoms with Crippen LogP contribution in [0.5, 0.6) is 0 Å². The van der Waals surface area contributed by atoms with Crippen LogP contribution in [0.25, 0.3) is 0 Å². The molecule has 0 amide bonds. The summed E-state index contributed by atoms with van der Waals surface area (Å²) >= 11 is 5.69. The van der Waals surface area contributed by atoms with Crippen molar-refractivity contribution in [3.05, 3.63) is 17.3 Å². The number of hydrogen-bond donors (Lipinski definition) is 1. The molecule has 0 aliphatic heterocycles. The Kier molecular flexibility index (Phi) is 3.33. The number of anilines is 1. The van der Waals surface area contributed by atoms with Crippen LogP contribution in [0.1, 0.15) is 39.5 Å². The van der Waals surface area contributed by atoms with Crippen molar-refractivity contribution >= 4 is 17.4 Å². The molecule has 1 aromatic rings. The third-order valence-corrected chi connectivity index (χ3v) is 3.52. The quantitative estimate of drug-likeness (QED) is 0.858. The van der Waals surface area contributed by atoms with Crippen LogP contribution in [-0.4, -0.2) is 16.2 Å². The Morgan fingerprint density at radius 1 is 1.25 bits per heavy atom. The molecule has 4 heteroatoms. The summed E-state index contributed by atoms with van der Waals surface area (Å²) in [5.74, 6) is 0.828. The summed E-state index contributed by atoms with van der Waals surface area (Å²) in [4.78, 5) is 0. The maximum atomic E-state index is 5.69. The van der Waals surface area contributed by atoms with Crippen LogP contribution >= 0.6 is 11.6 Å². The molecular formula is C12H18ClN3. The maximum absolute atomic E-state index is 5.69. The van der Waals surface area contributed by atoms with Crippen LogP contribution in [0.15, 0.2) is 12.1 Å². The van der Waals surface area contributed by atoms with E-state index in [4.69, 9.17) is 11.6 Å². The van der Waals surface area contributed by atoms with Crippen LogP contribution < -0.4 is 5.32 Å². The Hall–Kier alpha value is -0.830. The summed E-state index contributed by atoms with van der Waals surface area (Å²) in [7, 11) is 0. The Bertz CT molecular complexity index is 338. The van der Waals surface area contributed by atoms with Gasteiger partial charge in [0.25, 0.3) is 0 Å². The van der Waals surface area contributed by atoms with E-state index < -0.39 is 0 Å². The van der Waals surface area contributed by atoms with Gasteiger partial charge < -0.3 is 5.32 Å². The number of nitrogens with zero attached hydrogens (tertiary/aromatic N) is 2. The van der Waals surface area contributed by atoms with Gasteiger partial charge >= 0.3 is 0 Å². The molecular weight excluding hydrogens is 222 g/mol. The van der Waals surface area contributed by atoms with E-state index in [9.17, 15) is 0 Å². The number of rotatable bonds is 2. The van der Waals surface area contributed by atoms with Crippen molar-refractivity contribution in [2.24, 2.45) is 5.41 Å². The second-order valence-electron chi connectivity index (χ2n) is 5.32. The Morgan fingerprint density at radius 3 is 2.50 bits per heavy atom. The predicted molar refractivity (Wildman–Crippen MR) is 66.7 cm³/mol. The van der Waals surface area contributed by atoms with Crippen molar-refractivity contribution in [3.8, 4) is 0 Å². The van der Waals surface area contributed by atoms with Gasteiger partial charge in [-0.3, -0.25) is 0 Å². The normalized spacial score (nSPS) is 20.7. The van der Waals surface area contributed by atoms with Crippen LogP contribution in [0.3, 0.4) is 0 Å². The molecule has 1 fully saturated rings. The molecule has 0 bridgehead atoms. The van der Waals surface area contributed by atoms with Gasteiger partial charge in [-0.25, -0.2) is 0 Å². The second-order valence-corrected chi connectivity index (χ2v) is 5.71. The number of halogens is 1. The standard InChI is InChI=1S/C12H18ClN3/c1-12(2)7-5-9(6-8-12)14-11-4-3-10(13)15-16-11/h3-4,9H,5-8H2,1-2H3,(H,14,16). The van der Waals surface area contributed by atoms with Gasteiger partial charge in [-0.05, 0) is 43.2 Å². The van der Waals surface area contributed by atoms with E-state index in [1.807, 2.05) is 6.07 Å². The Balaban J connectivity index is 1.89. The van der Waals surface area contributed by atoms with Crippen molar-refractivity contribution in [3.63, 3.8) is 0 Å². The van der Waals surface area contributed by atoms with Gasteiger partial charge in [-0.2, -0.15) is 0 Å². The third-order valence-electron chi connectivity index (χ3n) is 3.32. The highest BCUT2D eigenvalue weighted by molar-refractivity contribution is 6.29. The average molecular weight is 240 g/mol. The summed E-state index contributed by atoms with van der Waals surface area (Å²) in [5.41, 5.74) is 0.504. The molecule has 88 valence electrons. The molecule has 0 saturated heterocycles. The van der Waals surface area contributed by atoms with Crippen molar-refractivity contribution < 1.29 is 0 Å². The van der Waals surface area contributed by atoms with Gasteiger partial charge in [-0.15, -0.1) is 10.2 Å². The second kappa shape index (κ2) is 4.58. The van der Waals surface area contributed by atoms with E-state index in [1.54, 1.807) is 6.07 Å². The zero-order valence-corrected chi connectivity index (χ0v) is 10.6. The number of hydrogen-bond acceptors (Lipinski definition) is 3. The topological polar surface area (TPSA) is 37.8 Å². The minimum Gasteiger partial charge on any atom is -0.366 e. The Morgan fingerprint density at radius 2 is 1.94 bits per heavy atom. The molecule has 1 aliphatic carbocycles. The van der Waals surface area contributed by atoms with E-state index in [0.29, 0.717) is 16.6 Å². The zero-order chi connectivity index (χ0) is 11.6. The van der Waals surface area contributed by atoms with Crippen molar-refractivity contribution in [1.29, 1.82) is 0 Å². The molecule has 0 unspecified atom stereocenters. The molecule has 0 atom stereocenters. The highest BCUT2D eigenvalue weighted by atomic mass is 35.5. The summed E-state index contributed by atoms with van der Waals surface area (Å²) in [6.45, 7) is 4.68. The predicted octanol–water partition coefficient (Wildman–Crippen LogP) is 3.51. The van der Waals surface area contributed by atoms with E-state index in [1.165, 1.54) is 25.7 Å². The molecule has 2 rings (SSSR count). The van der Waals surface area contributed by atoms with Crippen molar-refractivity contribution in [2.45, 2.75) is 45.6 Å². The largest absolute Gasteiger partial charge is 0.366 e. The first kappa shape index (κ1) is 11.6. The van der Waals surface area contributed by atoms with Gasteiger partial charge in [0.1, 0.15) is 5.82 Å². The fourth-order valence-corrected chi connectivity index (χ4v) is 2.25. The molecule has 0 spiro atoms. The fraction of sp³-hybridized carbons (Fsp3) is 0.667. The smallest absolute Gasteiger partial charge is 0.151 e. The van der Waals surface area contributed by atoms with Crippen molar-refractivity contribution in [2.75, 3.05) is 5.32 Å². The van der Waals surface area contributed by atoms with Crippen LogP contribution in [0, 0.1) is 5.41 Å². The molecule has 1 aromatic heterocycles. The summed E-state index contributed by atoms with van der Waals surface area (Å²) < 4.78 is 0.